The van der Waals surface area contributed by atoms with Crippen LogP contribution in [0.2, 0.25) is 5.02 Å². The highest BCUT2D eigenvalue weighted by atomic mass is 35.5. The van der Waals surface area contributed by atoms with Gasteiger partial charge in [-0.3, -0.25) is 0 Å². The third kappa shape index (κ3) is 3.70. The largest absolute Gasteiger partial charge is 0.488 e. The molecule has 0 unspecified atom stereocenters. The molecule has 0 amide bonds. The summed E-state index contributed by atoms with van der Waals surface area (Å²) in [5.74, 6) is -0.657. The van der Waals surface area contributed by atoms with Gasteiger partial charge in [-0.05, 0) is 43.3 Å². The molecule has 0 saturated carbocycles. The fourth-order valence-electron chi connectivity index (χ4n) is 1.77. The lowest BCUT2D eigenvalue weighted by molar-refractivity contribution is 0.297. The van der Waals surface area contributed by atoms with Gasteiger partial charge in [-0.15, -0.1) is 0 Å². The van der Waals surface area contributed by atoms with E-state index in [-0.39, 0.29) is 23.6 Å². The summed E-state index contributed by atoms with van der Waals surface area (Å²) in [5, 5.41) is 12.2. The van der Waals surface area contributed by atoms with E-state index in [4.69, 9.17) is 21.5 Å². The van der Waals surface area contributed by atoms with Gasteiger partial charge in [0.1, 0.15) is 24.0 Å². The fourth-order valence-corrected chi connectivity index (χ4v) is 1.97. The maximum absolute atomic E-state index is 13.6. The van der Waals surface area contributed by atoms with Gasteiger partial charge >= 0.3 is 0 Å². The van der Waals surface area contributed by atoms with Crippen molar-refractivity contribution in [1.82, 2.24) is 0 Å². The summed E-state index contributed by atoms with van der Waals surface area (Å²) in [6.07, 6.45) is 0. The third-order valence-electron chi connectivity index (χ3n) is 2.87. The van der Waals surface area contributed by atoms with Gasteiger partial charge in [0, 0.05) is 16.1 Å². The molecule has 2 aromatic rings. The molecule has 0 aliphatic heterocycles. The topological polar surface area (TPSA) is 41.8 Å². The predicted octanol–water partition coefficient (Wildman–Crippen LogP) is 4.40. The van der Waals surface area contributed by atoms with E-state index >= 15 is 0 Å². The van der Waals surface area contributed by atoms with E-state index < -0.39 is 11.6 Å². The second kappa shape index (κ2) is 6.54. The molecule has 0 aromatic heterocycles. The fraction of sp³-hybridized carbons (Fsp3) is 0.133. The van der Waals surface area contributed by atoms with E-state index in [2.05, 4.69) is 5.16 Å². The van der Waals surface area contributed by atoms with Crippen LogP contribution in [0.3, 0.4) is 0 Å². The van der Waals surface area contributed by atoms with E-state index in [0.717, 1.165) is 0 Å². The lowest BCUT2D eigenvalue weighted by atomic mass is 10.1. The number of oxime groups is 1. The molecule has 2 aromatic carbocycles. The lowest BCUT2D eigenvalue weighted by Crippen LogP contribution is -2.04. The van der Waals surface area contributed by atoms with Crippen molar-refractivity contribution in [3.05, 3.63) is 64.2 Å². The summed E-state index contributed by atoms with van der Waals surface area (Å²) in [7, 11) is 0. The quantitative estimate of drug-likeness (QED) is 0.517. The van der Waals surface area contributed by atoms with Crippen LogP contribution in [0.4, 0.5) is 8.78 Å². The Morgan fingerprint density at radius 1 is 1.24 bits per heavy atom. The SMILES string of the molecule is C/C(=N/O)c1cc(F)ccc1OCc1cc(Cl)ccc1F. The van der Waals surface area contributed by atoms with E-state index in [1.54, 1.807) is 0 Å². The Bertz CT molecular complexity index is 689. The molecule has 6 heteroatoms. The zero-order valence-corrected chi connectivity index (χ0v) is 11.9. The Labute approximate surface area is 125 Å². The van der Waals surface area contributed by atoms with Crippen LogP contribution < -0.4 is 4.74 Å². The van der Waals surface area contributed by atoms with Gasteiger partial charge in [-0.1, -0.05) is 16.8 Å². The summed E-state index contributed by atoms with van der Waals surface area (Å²) >= 11 is 5.80. The van der Waals surface area contributed by atoms with Crippen molar-refractivity contribution < 1.29 is 18.7 Å². The minimum absolute atomic E-state index is 0.0796. The Morgan fingerprint density at radius 3 is 2.71 bits per heavy atom. The first kappa shape index (κ1) is 15.3. The van der Waals surface area contributed by atoms with Crippen molar-refractivity contribution >= 4 is 17.3 Å². The van der Waals surface area contributed by atoms with Crippen molar-refractivity contribution in [2.75, 3.05) is 0 Å². The van der Waals surface area contributed by atoms with Crippen molar-refractivity contribution in [3.8, 4) is 5.75 Å². The first-order valence-corrected chi connectivity index (χ1v) is 6.44. The van der Waals surface area contributed by atoms with Crippen LogP contribution in [0.15, 0.2) is 41.6 Å². The second-order valence-electron chi connectivity index (χ2n) is 4.35. The number of ether oxygens (including phenoxy) is 1. The normalized spacial score (nSPS) is 11.5. The minimum Gasteiger partial charge on any atom is -0.488 e. The van der Waals surface area contributed by atoms with Gasteiger partial charge < -0.3 is 9.94 Å². The Balaban J connectivity index is 2.26. The van der Waals surface area contributed by atoms with Gasteiger partial charge in [0.25, 0.3) is 0 Å². The predicted molar refractivity (Wildman–Crippen MR) is 76.1 cm³/mol. The van der Waals surface area contributed by atoms with E-state index in [1.807, 2.05) is 0 Å². The van der Waals surface area contributed by atoms with Gasteiger partial charge in [0.2, 0.25) is 0 Å². The summed E-state index contributed by atoms with van der Waals surface area (Å²) in [4.78, 5) is 0. The second-order valence-corrected chi connectivity index (χ2v) is 4.79. The number of benzene rings is 2. The third-order valence-corrected chi connectivity index (χ3v) is 3.11. The van der Waals surface area contributed by atoms with Gasteiger partial charge in [0.15, 0.2) is 0 Å². The van der Waals surface area contributed by atoms with Crippen LogP contribution in [-0.2, 0) is 6.61 Å². The average Bonchev–Trinajstić information content (AvgIpc) is 2.48. The van der Waals surface area contributed by atoms with E-state index in [9.17, 15) is 8.78 Å². The highest BCUT2D eigenvalue weighted by molar-refractivity contribution is 6.30. The number of halogens is 3. The summed E-state index contributed by atoms with van der Waals surface area (Å²) in [6.45, 7) is 1.42. The Kier molecular flexibility index (Phi) is 4.75. The molecule has 2 rings (SSSR count). The smallest absolute Gasteiger partial charge is 0.129 e. The molecule has 0 fully saturated rings. The van der Waals surface area contributed by atoms with E-state index in [1.165, 1.54) is 43.3 Å². The van der Waals surface area contributed by atoms with Crippen molar-refractivity contribution in [2.24, 2.45) is 5.16 Å². The van der Waals surface area contributed by atoms with Gasteiger partial charge in [-0.2, -0.15) is 0 Å². The van der Waals surface area contributed by atoms with Crippen LogP contribution in [0, 0.1) is 11.6 Å². The molecule has 110 valence electrons. The number of hydrogen-bond acceptors (Lipinski definition) is 3. The van der Waals surface area contributed by atoms with Gasteiger partial charge in [0.05, 0.1) is 5.71 Å². The van der Waals surface area contributed by atoms with Crippen LogP contribution in [0.1, 0.15) is 18.1 Å². The lowest BCUT2D eigenvalue weighted by Gasteiger charge is -2.11. The van der Waals surface area contributed by atoms with Crippen molar-refractivity contribution in [1.29, 1.82) is 0 Å². The minimum atomic E-state index is -0.491. The monoisotopic (exact) mass is 311 g/mol. The number of rotatable bonds is 4. The first-order chi connectivity index (χ1) is 10.0. The van der Waals surface area contributed by atoms with Crippen LogP contribution in [-0.4, -0.2) is 10.9 Å². The summed E-state index contributed by atoms with van der Waals surface area (Å²) < 4.78 is 32.3. The maximum Gasteiger partial charge on any atom is 0.129 e. The van der Waals surface area contributed by atoms with Crippen LogP contribution in [0.25, 0.3) is 0 Å². The molecule has 0 aliphatic carbocycles. The van der Waals surface area contributed by atoms with Crippen molar-refractivity contribution in [2.45, 2.75) is 13.5 Å². The zero-order chi connectivity index (χ0) is 15.4. The highest BCUT2D eigenvalue weighted by Crippen LogP contribution is 2.23. The maximum atomic E-state index is 13.6. The molecule has 3 nitrogen and oxygen atoms in total. The van der Waals surface area contributed by atoms with Crippen LogP contribution in [0.5, 0.6) is 5.75 Å². The molecular weight excluding hydrogens is 300 g/mol. The molecule has 0 saturated heterocycles. The molecule has 0 bridgehead atoms. The summed E-state index contributed by atoms with van der Waals surface area (Å²) in [6, 6.07) is 7.91. The molecule has 0 atom stereocenters. The first-order valence-electron chi connectivity index (χ1n) is 6.06. The molecule has 0 heterocycles. The van der Waals surface area contributed by atoms with Crippen LogP contribution >= 0.6 is 11.6 Å². The van der Waals surface area contributed by atoms with Gasteiger partial charge in [-0.25, -0.2) is 8.78 Å². The molecule has 0 aliphatic rings. The molecule has 21 heavy (non-hydrogen) atoms. The number of nitrogens with zero attached hydrogens (tertiary/aromatic N) is 1. The standard InChI is InChI=1S/C15H12ClF2NO2/c1-9(19-20)13-7-12(17)3-5-15(13)21-8-10-6-11(16)2-4-14(10)18/h2-7,20H,8H2,1H3/b19-9-. The average molecular weight is 312 g/mol. The van der Waals surface area contributed by atoms with Crippen molar-refractivity contribution in [3.63, 3.8) is 0 Å². The zero-order valence-electron chi connectivity index (χ0n) is 11.1. The number of hydrogen-bond donors (Lipinski definition) is 1. The highest BCUT2D eigenvalue weighted by Gasteiger charge is 2.11. The molecule has 0 spiro atoms. The Hall–Kier alpha value is -2.14. The Morgan fingerprint density at radius 2 is 2.00 bits per heavy atom. The molecule has 1 N–H and O–H groups in total. The van der Waals surface area contributed by atoms with E-state index in [0.29, 0.717) is 10.6 Å². The summed E-state index contributed by atoms with van der Waals surface area (Å²) in [5.41, 5.74) is 0.757. The molecule has 0 radical (unpaired) electrons. The molecular formula is C15H12ClF2NO2.